The number of likely N-dealkylation sites (tertiary alicyclic amines) is 1. The van der Waals surface area contributed by atoms with Gasteiger partial charge in [-0.25, -0.2) is 9.78 Å². The first-order valence-corrected chi connectivity index (χ1v) is 9.30. The Morgan fingerprint density at radius 1 is 1.42 bits per heavy atom. The lowest BCUT2D eigenvalue weighted by atomic mass is 9.98. The Morgan fingerprint density at radius 2 is 2.23 bits per heavy atom. The Kier molecular flexibility index (Phi) is 5.72. The van der Waals surface area contributed by atoms with Gasteiger partial charge in [0, 0.05) is 24.2 Å². The van der Waals surface area contributed by atoms with Crippen LogP contribution in [-0.4, -0.2) is 42.0 Å². The fourth-order valence-electron chi connectivity index (χ4n) is 3.00. The molecule has 0 spiro atoms. The highest BCUT2D eigenvalue weighted by Crippen LogP contribution is 2.32. The van der Waals surface area contributed by atoms with Gasteiger partial charge < -0.3 is 20.7 Å². The third kappa shape index (κ3) is 4.13. The Bertz CT molecular complexity index is 792. The predicted octanol–water partition coefficient (Wildman–Crippen LogP) is 2.23. The van der Waals surface area contributed by atoms with E-state index in [-0.39, 0.29) is 17.9 Å². The number of aromatic nitrogens is 1. The molecule has 3 rings (SSSR count). The maximum Gasteiger partial charge on any atom is 0.317 e. The number of nitrogens with zero attached hydrogens (tertiary/aromatic N) is 2. The summed E-state index contributed by atoms with van der Waals surface area (Å²) in [6.07, 6.45) is 3.30. The van der Waals surface area contributed by atoms with E-state index in [9.17, 15) is 9.59 Å². The van der Waals surface area contributed by atoms with Gasteiger partial charge in [0.05, 0.1) is 25.1 Å². The van der Waals surface area contributed by atoms with Crippen molar-refractivity contribution in [3.05, 3.63) is 35.3 Å². The summed E-state index contributed by atoms with van der Waals surface area (Å²) < 4.78 is 5.37. The molecule has 2 heterocycles. The van der Waals surface area contributed by atoms with E-state index in [2.05, 4.69) is 10.3 Å². The van der Waals surface area contributed by atoms with Crippen molar-refractivity contribution in [2.24, 2.45) is 11.7 Å². The fourth-order valence-corrected chi connectivity index (χ4v) is 3.89. The van der Waals surface area contributed by atoms with Crippen molar-refractivity contribution in [1.29, 1.82) is 0 Å². The molecule has 0 aliphatic carbocycles. The number of benzene rings is 1. The fraction of sp³-hybridized carbons (Fsp3) is 0.389. The van der Waals surface area contributed by atoms with Gasteiger partial charge in [-0.2, -0.15) is 0 Å². The molecule has 26 heavy (non-hydrogen) atoms. The molecule has 138 valence electrons. The number of hydrogen-bond acceptors (Lipinski definition) is 5. The van der Waals surface area contributed by atoms with E-state index in [1.807, 2.05) is 24.3 Å². The Morgan fingerprint density at radius 3 is 3.00 bits per heavy atom. The first kappa shape index (κ1) is 18.2. The van der Waals surface area contributed by atoms with Gasteiger partial charge in [0.2, 0.25) is 5.91 Å². The van der Waals surface area contributed by atoms with Crippen molar-refractivity contribution in [2.75, 3.05) is 20.2 Å². The summed E-state index contributed by atoms with van der Waals surface area (Å²) in [6.45, 7) is 1.42. The number of para-hydroxylation sites is 1. The van der Waals surface area contributed by atoms with Crippen LogP contribution in [0.1, 0.15) is 17.7 Å². The Hall–Kier alpha value is -2.61. The second-order valence-corrected chi connectivity index (χ2v) is 7.29. The number of amides is 3. The maximum atomic E-state index is 12.3. The highest BCUT2D eigenvalue weighted by molar-refractivity contribution is 7.15. The molecule has 1 saturated heterocycles. The standard InChI is InChI=1S/C18H22N4O3S/c1-25-15-7-3-2-6-14(15)17-20-9-13(26-17)10-21-18(24)22-8-4-5-12(11-22)16(19)23/h2-3,6-7,9,12H,4-5,8,10-11H2,1H3,(H2,19,23)(H,21,24). The molecule has 1 aromatic carbocycles. The highest BCUT2D eigenvalue weighted by Gasteiger charge is 2.26. The molecule has 0 saturated carbocycles. The molecule has 1 fully saturated rings. The molecular weight excluding hydrogens is 352 g/mol. The number of urea groups is 1. The van der Waals surface area contributed by atoms with E-state index in [4.69, 9.17) is 10.5 Å². The number of carbonyl (C=O) groups is 2. The summed E-state index contributed by atoms with van der Waals surface area (Å²) in [5.41, 5.74) is 6.29. The zero-order valence-corrected chi connectivity index (χ0v) is 15.4. The van der Waals surface area contributed by atoms with Gasteiger partial charge in [0.25, 0.3) is 0 Å². The SMILES string of the molecule is COc1ccccc1-c1ncc(CNC(=O)N2CCCC(C(N)=O)C2)s1. The second-order valence-electron chi connectivity index (χ2n) is 6.18. The van der Waals surface area contributed by atoms with Crippen LogP contribution < -0.4 is 15.8 Å². The summed E-state index contributed by atoms with van der Waals surface area (Å²) in [7, 11) is 1.63. The predicted molar refractivity (Wildman–Crippen MR) is 99.8 cm³/mol. The first-order chi connectivity index (χ1) is 12.6. The van der Waals surface area contributed by atoms with Crippen LogP contribution in [0.5, 0.6) is 5.75 Å². The summed E-state index contributed by atoms with van der Waals surface area (Å²) in [5.74, 6) is 0.171. The molecule has 3 N–H and O–H groups in total. The van der Waals surface area contributed by atoms with Crippen LogP contribution in [0.2, 0.25) is 0 Å². The minimum Gasteiger partial charge on any atom is -0.496 e. The molecule has 2 aromatic rings. The average molecular weight is 374 g/mol. The smallest absolute Gasteiger partial charge is 0.317 e. The monoisotopic (exact) mass is 374 g/mol. The van der Waals surface area contributed by atoms with Crippen LogP contribution in [-0.2, 0) is 11.3 Å². The summed E-state index contributed by atoms with van der Waals surface area (Å²) in [4.78, 5) is 30.7. The van der Waals surface area contributed by atoms with Crippen molar-refractivity contribution in [3.8, 4) is 16.3 Å². The number of piperidine rings is 1. The lowest BCUT2D eigenvalue weighted by Gasteiger charge is -2.31. The number of nitrogens with two attached hydrogens (primary N) is 1. The number of nitrogens with one attached hydrogen (secondary N) is 1. The lowest BCUT2D eigenvalue weighted by molar-refractivity contribution is -0.123. The van der Waals surface area contributed by atoms with E-state index in [1.165, 1.54) is 11.3 Å². The molecular formula is C18H22N4O3S. The second kappa shape index (κ2) is 8.18. The summed E-state index contributed by atoms with van der Waals surface area (Å²) in [5, 5.41) is 3.74. The summed E-state index contributed by atoms with van der Waals surface area (Å²) in [6, 6.07) is 7.52. The van der Waals surface area contributed by atoms with Crippen molar-refractivity contribution >= 4 is 23.3 Å². The zero-order chi connectivity index (χ0) is 18.5. The largest absolute Gasteiger partial charge is 0.496 e. The number of carbonyl (C=O) groups excluding carboxylic acids is 2. The molecule has 8 heteroatoms. The van der Waals surface area contributed by atoms with Gasteiger partial charge in [-0.1, -0.05) is 12.1 Å². The number of ether oxygens (including phenoxy) is 1. The number of methoxy groups -OCH3 is 1. The first-order valence-electron chi connectivity index (χ1n) is 8.48. The van der Waals surface area contributed by atoms with Crippen molar-refractivity contribution in [3.63, 3.8) is 0 Å². The maximum absolute atomic E-state index is 12.3. The molecule has 1 aliphatic rings. The molecule has 1 unspecified atom stereocenters. The molecule has 7 nitrogen and oxygen atoms in total. The van der Waals surface area contributed by atoms with Gasteiger partial charge in [-0.15, -0.1) is 11.3 Å². The molecule has 1 aromatic heterocycles. The van der Waals surface area contributed by atoms with Crippen molar-refractivity contribution < 1.29 is 14.3 Å². The minimum atomic E-state index is -0.341. The third-order valence-electron chi connectivity index (χ3n) is 4.42. The zero-order valence-electron chi connectivity index (χ0n) is 14.6. The van der Waals surface area contributed by atoms with Crippen LogP contribution >= 0.6 is 11.3 Å². The number of rotatable bonds is 5. The van der Waals surface area contributed by atoms with Crippen LogP contribution in [0.25, 0.3) is 10.6 Å². The van der Waals surface area contributed by atoms with E-state index < -0.39 is 0 Å². The molecule has 1 atom stereocenters. The minimum absolute atomic E-state index is 0.178. The van der Waals surface area contributed by atoms with Crippen LogP contribution in [0, 0.1) is 5.92 Å². The van der Waals surface area contributed by atoms with Gasteiger partial charge in [0.1, 0.15) is 10.8 Å². The topological polar surface area (TPSA) is 97.6 Å². The van der Waals surface area contributed by atoms with Gasteiger partial charge in [0.15, 0.2) is 0 Å². The van der Waals surface area contributed by atoms with E-state index in [1.54, 1.807) is 18.2 Å². The average Bonchev–Trinajstić information content (AvgIpc) is 3.15. The highest BCUT2D eigenvalue weighted by atomic mass is 32.1. The van der Waals surface area contributed by atoms with Crippen molar-refractivity contribution in [1.82, 2.24) is 15.2 Å². The van der Waals surface area contributed by atoms with Crippen LogP contribution in [0.3, 0.4) is 0 Å². The normalized spacial score (nSPS) is 17.0. The van der Waals surface area contributed by atoms with Gasteiger partial charge in [-0.3, -0.25) is 4.79 Å². The Labute approximate surface area is 156 Å². The van der Waals surface area contributed by atoms with Crippen LogP contribution in [0.15, 0.2) is 30.5 Å². The van der Waals surface area contributed by atoms with E-state index >= 15 is 0 Å². The quantitative estimate of drug-likeness (QED) is 0.838. The number of thiazole rings is 1. The van der Waals surface area contributed by atoms with Crippen molar-refractivity contribution in [2.45, 2.75) is 19.4 Å². The lowest BCUT2D eigenvalue weighted by Crippen LogP contribution is -2.47. The Balaban J connectivity index is 1.59. The van der Waals surface area contributed by atoms with Crippen LogP contribution in [0.4, 0.5) is 4.79 Å². The number of primary amides is 1. The van der Waals surface area contributed by atoms with Gasteiger partial charge >= 0.3 is 6.03 Å². The molecule has 0 radical (unpaired) electrons. The molecule has 0 bridgehead atoms. The number of hydrogen-bond donors (Lipinski definition) is 2. The van der Waals surface area contributed by atoms with E-state index in [0.717, 1.165) is 34.0 Å². The third-order valence-corrected chi connectivity index (χ3v) is 5.45. The van der Waals surface area contributed by atoms with Gasteiger partial charge in [-0.05, 0) is 25.0 Å². The molecule has 3 amide bonds. The van der Waals surface area contributed by atoms with E-state index in [0.29, 0.717) is 19.6 Å². The molecule has 1 aliphatic heterocycles. The summed E-state index contributed by atoms with van der Waals surface area (Å²) >= 11 is 1.51.